The molecule has 1 fully saturated rings. The van der Waals surface area contributed by atoms with E-state index in [0.29, 0.717) is 21.7 Å². The first-order valence-electron chi connectivity index (χ1n) is 10.7. The predicted octanol–water partition coefficient (Wildman–Crippen LogP) is 4.97. The molecular formula is C23H25Cl2N5OS. The maximum Gasteiger partial charge on any atom is 0.230 e. The average molecular weight is 490 g/mol. The predicted molar refractivity (Wildman–Crippen MR) is 130 cm³/mol. The molecule has 3 aromatic rings. The van der Waals surface area contributed by atoms with Gasteiger partial charge in [0, 0.05) is 22.3 Å². The maximum absolute atomic E-state index is 12.5. The fraction of sp³-hybridized carbons (Fsp3) is 0.348. The van der Waals surface area contributed by atoms with Gasteiger partial charge in [-0.2, -0.15) is 0 Å². The van der Waals surface area contributed by atoms with Gasteiger partial charge in [0.15, 0.2) is 11.0 Å². The monoisotopic (exact) mass is 489 g/mol. The van der Waals surface area contributed by atoms with Gasteiger partial charge in [-0.3, -0.25) is 14.3 Å². The summed E-state index contributed by atoms with van der Waals surface area (Å²) in [5, 5.41) is 13.8. The molecule has 2 heterocycles. The SMILES string of the molecule is O=C(CSc1nnc(CN2CCCCC2)n1-c1ccc(Cl)cc1)NCc1ccccc1Cl. The zero-order chi connectivity index (χ0) is 22.3. The highest BCUT2D eigenvalue weighted by molar-refractivity contribution is 7.99. The van der Waals surface area contributed by atoms with Crippen LogP contribution < -0.4 is 5.32 Å². The summed E-state index contributed by atoms with van der Waals surface area (Å²) in [6.07, 6.45) is 3.70. The van der Waals surface area contributed by atoms with E-state index >= 15 is 0 Å². The standard InChI is InChI=1S/C23H25Cl2N5OS/c24-18-8-10-19(11-9-18)30-21(15-29-12-4-1-5-13-29)27-28-23(30)32-16-22(31)26-14-17-6-2-3-7-20(17)25/h2-3,6-11H,1,4-5,12-16H2,(H,26,31). The number of thioether (sulfide) groups is 1. The molecule has 9 heteroatoms. The highest BCUT2D eigenvalue weighted by Crippen LogP contribution is 2.25. The van der Waals surface area contributed by atoms with Crippen LogP contribution in [-0.2, 0) is 17.9 Å². The third kappa shape index (κ3) is 6.04. The number of hydrogen-bond donors (Lipinski definition) is 1. The van der Waals surface area contributed by atoms with Gasteiger partial charge in [0.25, 0.3) is 0 Å². The van der Waals surface area contributed by atoms with E-state index in [1.165, 1.54) is 31.0 Å². The summed E-state index contributed by atoms with van der Waals surface area (Å²) < 4.78 is 2.02. The number of hydrogen-bond acceptors (Lipinski definition) is 5. The lowest BCUT2D eigenvalue weighted by Gasteiger charge is -2.26. The maximum atomic E-state index is 12.5. The van der Waals surface area contributed by atoms with E-state index in [2.05, 4.69) is 20.4 Å². The Balaban J connectivity index is 1.45. The van der Waals surface area contributed by atoms with Crippen molar-refractivity contribution >= 4 is 40.9 Å². The molecule has 1 N–H and O–H groups in total. The van der Waals surface area contributed by atoms with E-state index in [1.54, 1.807) is 0 Å². The molecule has 168 valence electrons. The van der Waals surface area contributed by atoms with Crippen LogP contribution in [0, 0.1) is 0 Å². The van der Waals surface area contributed by atoms with Crippen molar-refractivity contribution in [2.75, 3.05) is 18.8 Å². The Morgan fingerprint density at radius 3 is 2.50 bits per heavy atom. The summed E-state index contributed by atoms with van der Waals surface area (Å²) in [4.78, 5) is 14.9. The Hall–Kier alpha value is -2.06. The van der Waals surface area contributed by atoms with E-state index < -0.39 is 0 Å². The molecule has 0 unspecified atom stereocenters. The molecule has 1 amide bonds. The molecule has 32 heavy (non-hydrogen) atoms. The van der Waals surface area contributed by atoms with Crippen molar-refractivity contribution < 1.29 is 4.79 Å². The summed E-state index contributed by atoms with van der Waals surface area (Å²) in [5.74, 6) is 1.02. The molecule has 0 atom stereocenters. The van der Waals surface area contributed by atoms with E-state index in [9.17, 15) is 4.79 Å². The minimum absolute atomic E-state index is 0.0850. The van der Waals surface area contributed by atoms with Crippen LogP contribution in [0.15, 0.2) is 53.7 Å². The number of benzene rings is 2. The highest BCUT2D eigenvalue weighted by Gasteiger charge is 2.19. The Labute approximate surface area is 202 Å². The van der Waals surface area contributed by atoms with Crippen LogP contribution in [0.3, 0.4) is 0 Å². The molecule has 2 aromatic carbocycles. The van der Waals surface area contributed by atoms with Gasteiger partial charge in [-0.1, -0.05) is 59.6 Å². The summed E-state index contributed by atoms with van der Waals surface area (Å²) >= 11 is 13.6. The average Bonchev–Trinajstić information content (AvgIpc) is 3.20. The fourth-order valence-corrected chi connectivity index (χ4v) is 4.81. The number of carbonyl (C=O) groups excluding carboxylic acids is 1. The van der Waals surface area contributed by atoms with Crippen LogP contribution in [0.25, 0.3) is 5.69 Å². The van der Waals surface area contributed by atoms with Crippen LogP contribution >= 0.6 is 35.0 Å². The van der Waals surface area contributed by atoms with Crippen LogP contribution in [0.2, 0.25) is 10.0 Å². The van der Waals surface area contributed by atoms with Gasteiger partial charge in [0.2, 0.25) is 5.91 Å². The first-order chi connectivity index (χ1) is 15.6. The molecule has 0 radical (unpaired) electrons. The fourth-order valence-electron chi connectivity index (χ4n) is 3.68. The number of amides is 1. The minimum Gasteiger partial charge on any atom is -0.351 e. The minimum atomic E-state index is -0.0850. The van der Waals surface area contributed by atoms with Gasteiger partial charge in [-0.05, 0) is 61.8 Å². The Morgan fingerprint density at radius 1 is 1.00 bits per heavy atom. The van der Waals surface area contributed by atoms with Gasteiger partial charge in [0.05, 0.1) is 12.3 Å². The van der Waals surface area contributed by atoms with E-state index in [4.69, 9.17) is 23.2 Å². The summed E-state index contributed by atoms with van der Waals surface area (Å²) in [6.45, 7) is 3.26. The number of halogens is 2. The lowest BCUT2D eigenvalue weighted by Crippen LogP contribution is -2.30. The Morgan fingerprint density at radius 2 is 1.75 bits per heavy atom. The van der Waals surface area contributed by atoms with Gasteiger partial charge < -0.3 is 5.32 Å². The normalized spacial score (nSPS) is 14.4. The summed E-state index contributed by atoms with van der Waals surface area (Å²) in [7, 11) is 0. The van der Waals surface area contributed by atoms with Crippen LogP contribution in [-0.4, -0.2) is 44.4 Å². The van der Waals surface area contributed by atoms with Crippen molar-refractivity contribution in [3.8, 4) is 5.69 Å². The van der Waals surface area contributed by atoms with Crippen LogP contribution in [0.4, 0.5) is 0 Å². The van der Waals surface area contributed by atoms with Gasteiger partial charge in [-0.15, -0.1) is 10.2 Å². The zero-order valence-corrected chi connectivity index (χ0v) is 20.0. The molecule has 0 bridgehead atoms. The van der Waals surface area contributed by atoms with Crippen molar-refractivity contribution in [1.29, 1.82) is 0 Å². The first kappa shape index (κ1) is 23.1. The van der Waals surface area contributed by atoms with E-state index in [-0.39, 0.29) is 11.7 Å². The Kier molecular flexibility index (Phi) is 8.08. The van der Waals surface area contributed by atoms with E-state index in [0.717, 1.165) is 36.7 Å². The molecule has 1 aliphatic heterocycles. The first-order valence-corrected chi connectivity index (χ1v) is 12.4. The number of likely N-dealkylation sites (tertiary alicyclic amines) is 1. The molecule has 0 saturated carbocycles. The smallest absolute Gasteiger partial charge is 0.230 e. The second-order valence-corrected chi connectivity index (χ2v) is 9.49. The number of nitrogens with one attached hydrogen (secondary N) is 1. The van der Waals surface area contributed by atoms with Crippen LogP contribution in [0.5, 0.6) is 0 Å². The molecule has 1 aliphatic rings. The summed E-state index contributed by atoms with van der Waals surface area (Å²) in [5.41, 5.74) is 1.83. The number of aromatic nitrogens is 3. The second-order valence-electron chi connectivity index (χ2n) is 7.70. The van der Waals surface area contributed by atoms with E-state index in [1.807, 2.05) is 53.1 Å². The quantitative estimate of drug-likeness (QED) is 0.452. The third-order valence-electron chi connectivity index (χ3n) is 5.37. The number of nitrogens with zero attached hydrogens (tertiary/aromatic N) is 4. The van der Waals surface area contributed by atoms with Gasteiger partial charge in [-0.25, -0.2) is 0 Å². The highest BCUT2D eigenvalue weighted by atomic mass is 35.5. The number of piperidine rings is 1. The molecular weight excluding hydrogens is 465 g/mol. The molecule has 1 aromatic heterocycles. The van der Waals surface area contributed by atoms with Gasteiger partial charge in [0.1, 0.15) is 0 Å². The molecule has 0 aliphatic carbocycles. The van der Waals surface area contributed by atoms with Crippen molar-refractivity contribution in [3.63, 3.8) is 0 Å². The van der Waals surface area contributed by atoms with Crippen molar-refractivity contribution in [3.05, 3.63) is 70.0 Å². The van der Waals surface area contributed by atoms with Crippen LogP contribution in [0.1, 0.15) is 30.7 Å². The Bertz CT molecular complexity index is 1050. The van der Waals surface area contributed by atoms with Crippen molar-refractivity contribution in [2.45, 2.75) is 37.5 Å². The lowest BCUT2D eigenvalue weighted by atomic mass is 10.1. The van der Waals surface area contributed by atoms with Crippen molar-refractivity contribution in [2.24, 2.45) is 0 Å². The molecule has 4 rings (SSSR count). The molecule has 1 saturated heterocycles. The second kappa shape index (κ2) is 11.2. The zero-order valence-electron chi connectivity index (χ0n) is 17.6. The number of rotatable bonds is 8. The largest absolute Gasteiger partial charge is 0.351 e. The van der Waals surface area contributed by atoms with Gasteiger partial charge >= 0.3 is 0 Å². The van der Waals surface area contributed by atoms with Crippen molar-refractivity contribution in [1.82, 2.24) is 25.0 Å². The third-order valence-corrected chi connectivity index (χ3v) is 6.91. The summed E-state index contributed by atoms with van der Waals surface area (Å²) in [6, 6.07) is 15.1. The topological polar surface area (TPSA) is 63.1 Å². The lowest BCUT2D eigenvalue weighted by molar-refractivity contribution is -0.118. The number of carbonyl (C=O) groups is 1. The molecule has 6 nitrogen and oxygen atoms in total. The molecule has 0 spiro atoms.